The fourth-order valence-electron chi connectivity index (χ4n) is 2.86. The summed E-state index contributed by atoms with van der Waals surface area (Å²) in [5.74, 6) is 1.53. The fraction of sp³-hybridized carbons (Fsp3) is 0.500. The monoisotopic (exact) mass is 316 g/mol. The first kappa shape index (κ1) is 15.5. The van der Waals surface area contributed by atoms with E-state index in [1.165, 1.54) is 0 Å². The molecule has 2 aromatic rings. The van der Waals surface area contributed by atoms with Crippen LogP contribution in [0.5, 0.6) is 5.88 Å². The van der Waals surface area contributed by atoms with Crippen LogP contribution < -0.4 is 4.74 Å². The van der Waals surface area contributed by atoms with Crippen molar-refractivity contribution < 1.29 is 14.1 Å². The Morgan fingerprint density at radius 1 is 1.35 bits per heavy atom. The second kappa shape index (κ2) is 6.76. The van der Waals surface area contributed by atoms with Crippen LogP contribution in [-0.2, 0) is 0 Å². The highest BCUT2D eigenvalue weighted by Crippen LogP contribution is 2.29. The standard InChI is InChI=1S/C16H20N4O3/c1-11-18-15(19-23-11)13-6-4-3-5-9-20(13)16(21)12-7-8-14(22-2)17-10-12/h7-8,10,13H,3-6,9H2,1-2H3. The zero-order chi connectivity index (χ0) is 16.2. The van der Waals surface area contributed by atoms with Crippen molar-refractivity contribution in [3.63, 3.8) is 0 Å². The van der Waals surface area contributed by atoms with Crippen molar-refractivity contribution in [3.8, 4) is 5.88 Å². The van der Waals surface area contributed by atoms with Gasteiger partial charge in [-0.2, -0.15) is 4.98 Å². The number of likely N-dealkylation sites (tertiary alicyclic amines) is 1. The van der Waals surface area contributed by atoms with E-state index in [1.807, 2.05) is 4.90 Å². The minimum Gasteiger partial charge on any atom is -0.481 e. The molecule has 122 valence electrons. The molecule has 1 amide bonds. The molecule has 0 spiro atoms. The van der Waals surface area contributed by atoms with Gasteiger partial charge in [-0.05, 0) is 18.9 Å². The van der Waals surface area contributed by atoms with Gasteiger partial charge in [-0.3, -0.25) is 4.79 Å². The molecule has 1 unspecified atom stereocenters. The van der Waals surface area contributed by atoms with E-state index in [4.69, 9.17) is 9.26 Å². The average Bonchev–Trinajstić information content (AvgIpc) is 2.86. The van der Waals surface area contributed by atoms with Crippen LogP contribution in [0.4, 0.5) is 0 Å². The minimum atomic E-state index is -0.149. The lowest BCUT2D eigenvalue weighted by atomic mass is 10.1. The fourth-order valence-corrected chi connectivity index (χ4v) is 2.86. The largest absolute Gasteiger partial charge is 0.481 e. The normalized spacial score (nSPS) is 18.5. The lowest BCUT2D eigenvalue weighted by Gasteiger charge is -2.27. The van der Waals surface area contributed by atoms with Gasteiger partial charge in [0, 0.05) is 25.7 Å². The highest BCUT2D eigenvalue weighted by Gasteiger charge is 2.30. The topological polar surface area (TPSA) is 81.4 Å². The number of aryl methyl sites for hydroxylation is 1. The van der Waals surface area contributed by atoms with Gasteiger partial charge < -0.3 is 14.2 Å². The van der Waals surface area contributed by atoms with Crippen LogP contribution >= 0.6 is 0 Å². The van der Waals surface area contributed by atoms with Gasteiger partial charge in [0.1, 0.15) is 0 Å². The third kappa shape index (κ3) is 3.33. The summed E-state index contributed by atoms with van der Waals surface area (Å²) in [6.07, 6.45) is 5.50. The first-order valence-electron chi connectivity index (χ1n) is 7.80. The molecule has 0 N–H and O–H groups in total. The van der Waals surface area contributed by atoms with Crippen molar-refractivity contribution in [2.45, 2.75) is 38.6 Å². The van der Waals surface area contributed by atoms with Crippen LogP contribution in [0.25, 0.3) is 0 Å². The molecule has 7 nitrogen and oxygen atoms in total. The molecule has 3 rings (SSSR count). The Bertz CT molecular complexity index is 668. The van der Waals surface area contributed by atoms with Gasteiger partial charge in [0.15, 0.2) is 5.82 Å². The number of rotatable bonds is 3. The number of methoxy groups -OCH3 is 1. The molecule has 3 heterocycles. The van der Waals surface area contributed by atoms with E-state index in [0.717, 1.165) is 25.7 Å². The molecule has 0 saturated carbocycles. The number of pyridine rings is 1. The molecule has 0 bridgehead atoms. The van der Waals surface area contributed by atoms with E-state index >= 15 is 0 Å². The molecule has 0 aliphatic carbocycles. The quantitative estimate of drug-likeness (QED) is 0.865. The molecule has 0 radical (unpaired) electrons. The molecule has 1 aliphatic rings. The van der Waals surface area contributed by atoms with Crippen LogP contribution in [0, 0.1) is 6.92 Å². The molecule has 0 aromatic carbocycles. The van der Waals surface area contributed by atoms with Crippen molar-refractivity contribution in [2.75, 3.05) is 13.7 Å². The maximum atomic E-state index is 12.9. The van der Waals surface area contributed by atoms with Crippen molar-refractivity contribution >= 4 is 5.91 Å². The van der Waals surface area contributed by atoms with E-state index in [0.29, 0.717) is 29.7 Å². The average molecular weight is 316 g/mol. The first-order chi connectivity index (χ1) is 11.2. The van der Waals surface area contributed by atoms with Crippen molar-refractivity contribution in [2.24, 2.45) is 0 Å². The van der Waals surface area contributed by atoms with E-state index in [9.17, 15) is 4.79 Å². The number of amides is 1. The lowest BCUT2D eigenvalue weighted by molar-refractivity contribution is 0.0670. The van der Waals surface area contributed by atoms with Crippen LogP contribution in [0.2, 0.25) is 0 Å². The smallest absolute Gasteiger partial charge is 0.256 e. The van der Waals surface area contributed by atoms with Gasteiger partial charge >= 0.3 is 0 Å². The maximum absolute atomic E-state index is 12.9. The Labute approximate surface area is 134 Å². The predicted molar refractivity (Wildman–Crippen MR) is 82.1 cm³/mol. The molecular formula is C16H20N4O3. The van der Waals surface area contributed by atoms with Gasteiger partial charge in [0.05, 0.1) is 18.7 Å². The summed E-state index contributed by atoms with van der Waals surface area (Å²) in [7, 11) is 1.55. The summed E-state index contributed by atoms with van der Waals surface area (Å²) in [5, 5.41) is 4.02. The maximum Gasteiger partial charge on any atom is 0.256 e. The van der Waals surface area contributed by atoms with E-state index in [2.05, 4.69) is 15.1 Å². The number of ether oxygens (including phenoxy) is 1. The highest BCUT2D eigenvalue weighted by atomic mass is 16.5. The molecule has 1 fully saturated rings. The second-order valence-corrected chi connectivity index (χ2v) is 5.62. The van der Waals surface area contributed by atoms with E-state index in [1.54, 1.807) is 32.4 Å². The van der Waals surface area contributed by atoms with E-state index in [-0.39, 0.29) is 11.9 Å². The summed E-state index contributed by atoms with van der Waals surface area (Å²) >= 11 is 0. The minimum absolute atomic E-state index is 0.0606. The third-order valence-corrected chi connectivity index (χ3v) is 4.05. The summed E-state index contributed by atoms with van der Waals surface area (Å²) in [5.41, 5.74) is 0.540. The highest BCUT2D eigenvalue weighted by molar-refractivity contribution is 5.94. The van der Waals surface area contributed by atoms with Crippen LogP contribution in [0.1, 0.15) is 53.8 Å². The van der Waals surface area contributed by atoms with E-state index < -0.39 is 0 Å². The van der Waals surface area contributed by atoms with Crippen LogP contribution in [0.3, 0.4) is 0 Å². The Morgan fingerprint density at radius 2 is 2.22 bits per heavy atom. The number of carbonyl (C=O) groups excluding carboxylic acids is 1. The zero-order valence-electron chi connectivity index (χ0n) is 13.4. The van der Waals surface area contributed by atoms with Crippen molar-refractivity contribution in [1.29, 1.82) is 0 Å². The number of hydrogen-bond donors (Lipinski definition) is 0. The number of carbonyl (C=O) groups is 1. The molecule has 1 saturated heterocycles. The Balaban J connectivity index is 1.87. The Hall–Kier alpha value is -2.44. The summed E-state index contributed by atoms with van der Waals surface area (Å²) < 4.78 is 10.1. The SMILES string of the molecule is COc1ccc(C(=O)N2CCCCCC2c2noc(C)n2)cn1. The Kier molecular flexibility index (Phi) is 4.55. The lowest BCUT2D eigenvalue weighted by Crippen LogP contribution is -2.35. The summed E-state index contributed by atoms with van der Waals surface area (Å²) in [4.78, 5) is 23.2. The number of hydrogen-bond acceptors (Lipinski definition) is 6. The number of nitrogens with zero attached hydrogens (tertiary/aromatic N) is 4. The molecular weight excluding hydrogens is 296 g/mol. The summed E-state index contributed by atoms with van der Waals surface area (Å²) in [6.45, 7) is 2.44. The molecule has 1 aliphatic heterocycles. The second-order valence-electron chi connectivity index (χ2n) is 5.62. The van der Waals surface area contributed by atoms with Gasteiger partial charge in [-0.1, -0.05) is 18.0 Å². The van der Waals surface area contributed by atoms with Crippen molar-refractivity contribution in [3.05, 3.63) is 35.6 Å². The van der Waals surface area contributed by atoms with Gasteiger partial charge in [0.2, 0.25) is 11.8 Å². The number of aromatic nitrogens is 3. The predicted octanol–water partition coefficient (Wildman–Crippen LogP) is 2.54. The zero-order valence-corrected chi connectivity index (χ0v) is 13.4. The van der Waals surface area contributed by atoms with Gasteiger partial charge in [-0.25, -0.2) is 4.98 Å². The summed E-state index contributed by atoms with van der Waals surface area (Å²) in [6, 6.07) is 3.28. The molecule has 23 heavy (non-hydrogen) atoms. The Morgan fingerprint density at radius 3 is 2.87 bits per heavy atom. The first-order valence-corrected chi connectivity index (χ1v) is 7.80. The van der Waals surface area contributed by atoms with Crippen LogP contribution in [0.15, 0.2) is 22.9 Å². The van der Waals surface area contributed by atoms with Crippen molar-refractivity contribution in [1.82, 2.24) is 20.0 Å². The third-order valence-electron chi connectivity index (χ3n) is 4.05. The van der Waals surface area contributed by atoms with Crippen LogP contribution in [-0.4, -0.2) is 39.6 Å². The molecule has 2 aromatic heterocycles. The van der Waals surface area contributed by atoms with Gasteiger partial charge in [0.25, 0.3) is 5.91 Å². The molecule has 1 atom stereocenters. The molecule has 7 heteroatoms. The van der Waals surface area contributed by atoms with Gasteiger partial charge in [-0.15, -0.1) is 0 Å².